The van der Waals surface area contributed by atoms with Crippen LogP contribution in [0.2, 0.25) is 0 Å². The Kier molecular flexibility index (Phi) is 7.36. The van der Waals surface area contributed by atoms with Gasteiger partial charge in [0.1, 0.15) is 12.1 Å². The molecule has 0 spiro atoms. The van der Waals surface area contributed by atoms with E-state index in [1.165, 1.54) is 11.9 Å². The van der Waals surface area contributed by atoms with Gasteiger partial charge in [-0.3, -0.25) is 19.7 Å². The van der Waals surface area contributed by atoms with Crippen LogP contribution in [0.25, 0.3) is 0 Å². The van der Waals surface area contributed by atoms with Crippen molar-refractivity contribution in [3.05, 3.63) is 35.9 Å². The summed E-state index contributed by atoms with van der Waals surface area (Å²) in [4.78, 5) is 39.7. The van der Waals surface area contributed by atoms with Crippen molar-refractivity contribution in [2.75, 3.05) is 7.05 Å². The number of hydrogen-bond donors (Lipinski definition) is 3. The SMILES string of the molecule is CC(C)[C@H](C(=O)NO)N(C)C(=O)C(c1ccccc1)N(C(=O)O)C(C)(C)C. The molecule has 0 aliphatic carbocycles. The number of hydrogen-bond acceptors (Lipinski definition) is 4. The first-order valence-corrected chi connectivity index (χ1v) is 8.71. The van der Waals surface area contributed by atoms with Gasteiger partial charge in [-0.05, 0) is 32.3 Å². The molecular formula is C19H29N3O5. The molecule has 0 bridgehead atoms. The predicted molar refractivity (Wildman–Crippen MR) is 100 cm³/mol. The molecule has 3 N–H and O–H groups in total. The summed E-state index contributed by atoms with van der Waals surface area (Å²) in [6, 6.07) is 6.47. The van der Waals surface area contributed by atoms with Crippen molar-refractivity contribution in [3.8, 4) is 0 Å². The van der Waals surface area contributed by atoms with Gasteiger partial charge in [0.15, 0.2) is 0 Å². The Labute approximate surface area is 159 Å². The molecule has 0 saturated heterocycles. The number of carbonyl (C=O) groups excluding carboxylic acids is 2. The Hall–Kier alpha value is -2.61. The second kappa shape index (κ2) is 8.85. The van der Waals surface area contributed by atoms with E-state index in [1.807, 2.05) is 0 Å². The minimum absolute atomic E-state index is 0.296. The Bertz CT molecular complexity index is 670. The third-order valence-corrected chi connectivity index (χ3v) is 4.31. The zero-order valence-electron chi connectivity index (χ0n) is 16.6. The van der Waals surface area contributed by atoms with Gasteiger partial charge in [-0.15, -0.1) is 0 Å². The van der Waals surface area contributed by atoms with Crippen LogP contribution < -0.4 is 5.48 Å². The largest absolute Gasteiger partial charge is 0.465 e. The molecule has 0 aliphatic rings. The smallest absolute Gasteiger partial charge is 0.408 e. The van der Waals surface area contributed by atoms with E-state index in [1.54, 1.807) is 70.4 Å². The zero-order chi connectivity index (χ0) is 20.9. The van der Waals surface area contributed by atoms with Crippen molar-refractivity contribution in [3.63, 3.8) is 0 Å². The van der Waals surface area contributed by atoms with E-state index in [0.717, 1.165) is 4.90 Å². The molecule has 1 aromatic rings. The zero-order valence-corrected chi connectivity index (χ0v) is 16.6. The second-order valence-electron chi connectivity index (χ2n) is 7.75. The Morgan fingerprint density at radius 3 is 1.96 bits per heavy atom. The minimum atomic E-state index is -1.24. The Balaban J connectivity index is 3.48. The molecule has 0 aliphatic heterocycles. The molecule has 150 valence electrons. The van der Waals surface area contributed by atoms with Crippen LogP contribution in [0.4, 0.5) is 4.79 Å². The first-order valence-electron chi connectivity index (χ1n) is 8.71. The maximum Gasteiger partial charge on any atom is 0.408 e. The average Bonchev–Trinajstić information content (AvgIpc) is 2.57. The normalized spacial score (nSPS) is 13.6. The Morgan fingerprint density at radius 1 is 1.07 bits per heavy atom. The minimum Gasteiger partial charge on any atom is -0.465 e. The first kappa shape index (κ1) is 22.4. The number of nitrogens with zero attached hydrogens (tertiary/aromatic N) is 2. The highest BCUT2D eigenvalue weighted by Crippen LogP contribution is 2.31. The topological polar surface area (TPSA) is 110 Å². The summed E-state index contributed by atoms with van der Waals surface area (Å²) in [6.45, 7) is 8.57. The van der Waals surface area contributed by atoms with Crippen molar-refractivity contribution in [2.45, 2.75) is 52.2 Å². The first-order chi connectivity index (χ1) is 12.4. The highest BCUT2D eigenvalue weighted by molar-refractivity contribution is 5.91. The fraction of sp³-hybridized carbons (Fsp3) is 0.526. The van der Waals surface area contributed by atoms with E-state index in [-0.39, 0.29) is 5.92 Å². The van der Waals surface area contributed by atoms with Gasteiger partial charge < -0.3 is 10.0 Å². The molecule has 8 nitrogen and oxygen atoms in total. The standard InChI is InChI=1S/C19H29N3O5/c1-12(2)14(16(23)20-27)21(6)17(24)15(13-10-8-7-9-11-13)22(18(25)26)19(3,4)5/h7-12,14-15,27H,1-6H3,(H,20,23)(H,25,26)/t14-,15?/m1/s1. The summed E-state index contributed by atoms with van der Waals surface area (Å²) in [5.41, 5.74) is 1.21. The number of amides is 3. The van der Waals surface area contributed by atoms with Crippen LogP contribution in [0.1, 0.15) is 46.2 Å². The van der Waals surface area contributed by atoms with Gasteiger partial charge in [0.05, 0.1) is 0 Å². The lowest BCUT2D eigenvalue weighted by Gasteiger charge is -2.41. The quantitative estimate of drug-likeness (QED) is 0.520. The van der Waals surface area contributed by atoms with Crippen LogP contribution in [0, 0.1) is 5.92 Å². The number of likely N-dealkylation sites (N-methyl/N-ethyl adjacent to an activating group) is 1. The summed E-state index contributed by atoms with van der Waals surface area (Å²) in [5.74, 6) is -1.58. The van der Waals surface area contributed by atoms with Crippen molar-refractivity contribution in [2.24, 2.45) is 5.92 Å². The van der Waals surface area contributed by atoms with Crippen LogP contribution in [-0.4, -0.2) is 56.6 Å². The molecule has 3 amide bonds. The number of benzene rings is 1. The fourth-order valence-corrected chi connectivity index (χ4v) is 3.14. The third-order valence-electron chi connectivity index (χ3n) is 4.31. The maximum absolute atomic E-state index is 13.4. The van der Waals surface area contributed by atoms with Gasteiger partial charge in [-0.1, -0.05) is 44.2 Å². The molecule has 27 heavy (non-hydrogen) atoms. The monoisotopic (exact) mass is 379 g/mol. The predicted octanol–water partition coefficient (Wildman–Crippen LogP) is 2.49. The van der Waals surface area contributed by atoms with Crippen LogP contribution in [0.5, 0.6) is 0 Å². The third kappa shape index (κ3) is 5.19. The van der Waals surface area contributed by atoms with Gasteiger partial charge >= 0.3 is 6.09 Å². The lowest BCUT2D eigenvalue weighted by Crippen LogP contribution is -2.56. The van der Waals surface area contributed by atoms with Crippen molar-refractivity contribution >= 4 is 17.9 Å². The molecule has 0 heterocycles. The second-order valence-corrected chi connectivity index (χ2v) is 7.75. The van der Waals surface area contributed by atoms with Gasteiger partial charge in [-0.2, -0.15) is 0 Å². The van der Waals surface area contributed by atoms with Crippen LogP contribution in [-0.2, 0) is 9.59 Å². The summed E-state index contributed by atoms with van der Waals surface area (Å²) < 4.78 is 0. The Morgan fingerprint density at radius 2 is 1.59 bits per heavy atom. The van der Waals surface area contributed by atoms with E-state index in [4.69, 9.17) is 5.21 Å². The molecule has 2 atom stereocenters. The molecule has 0 radical (unpaired) electrons. The van der Waals surface area contributed by atoms with E-state index in [0.29, 0.717) is 5.56 Å². The lowest BCUT2D eigenvalue weighted by molar-refractivity contribution is -0.148. The number of hydroxylamine groups is 1. The number of nitrogens with one attached hydrogen (secondary N) is 1. The number of rotatable bonds is 6. The van der Waals surface area contributed by atoms with Gasteiger partial charge in [-0.25, -0.2) is 10.3 Å². The summed E-state index contributed by atoms with van der Waals surface area (Å²) >= 11 is 0. The summed E-state index contributed by atoms with van der Waals surface area (Å²) in [5, 5.41) is 18.8. The summed E-state index contributed by atoms with van der Waals surface area (Å²) in [7, 11) is 1.43. The van der Waals surface area contributed by atoms with Crippen molar-refractivity contribution in [1.29, 1.82) is 0 Å². The maximum atomic E-state index is 13.4. The van der Waals surface area contributed by atoms with E-state index in [9.17, 15) is 19.5 Å². The van der Waals surface area contributed by atoms with E-state index in [2.05, 4.69) is 0 Å². The molecule has 0 saturated carbocycles. The van der Waals surface area contributed by atoms with E-state index < -0.39 is 35.5 Å². The molecule has 0 fully saturated rings. The molecular weight excluding hydrogens is 350 g/mol. The highest BCUT2D eigenvalue weighted by atomic mass is 16.5. The molecule has 1 unspecified atom stereocenters. The van der Waals surface area contributed by atoms with Gasteiger partial charge in [0.25, 0.3) is 11.8 Å². The van der Waals surface area contributed by atoms with E-state index >= 15 is 0 Å². The van der Waals surface area contributed by atoms with Crippen molar-refractivity contribution in [1.82, 2.24) is 15.3 Å². The molecule has 1 rings (SSSR count). The fourth-order valence-electron chi connectivity index (χ4n) is 3.14. The lowest BCUT2D eigenvalue weighted by atomic mass is 9.95. The number of carboxylic acid groups (broad SMARTS) is 1. The van der Waals surface area contributed by atoms with Crippen molar-refractivity contribution < 1.29 is 24.7 Å². The highest BCUT2D eigenvalue weighted by Gasteiger charge is 2.42. The average molecular weight is 379 g/mol. The summed E-state index contributed by atoms with van der Waals surface area (Å²) in [6.07, 6.45) is -1.24. The van der Waals surface area contributed by atoms with Gasteiger partial charge in [0.2, 0.25) is 0 Å². The number of carbonyl (C=O) groups is 3. The van der Waals surface area contributed by atoms with Crippen LogP contribution in [0.3, 0.4) is 0 Å². The van der Waals surface area contributed by atoms with Gasteiger partial charge in [0, 0.05) is 12.6 Å². The molecule has 8 heteroatoms. The molecule has 0 aromatic heterocycles. The molecule has 1 aromatic carbocycles. The van der Waals surface area contributed by atoms with Crippen LogP contribution >= 0.6 is 0 Å². The van der Waals surface area contributed by atoms with Crippen LogP contribution in [0.15, 0.2) is 30.3 Å².